The molecule has 0 heteroatoms. The van der Waals surface area contributed by atoms with Crippen molar-refractivity contribution in [3.8, 4) is 0 Å². The van der Waals surface area contributed by atoms with Crippen LogP contribution in [-0.2, 0) is 0 Å². The van der Waals surface area contributed by atoms with Crippen molar-refractivity contribution in [1.82, 2.24) is 0 Å². The highest BCUT2D eigenvalue weighted by Crippen LogP contribution is 2.56. The van der Waals surface area contributed by atoms with E-state index in [1.54, 1.807) is 38.5 Å². The van der Waals surface area contributed by atoms with Crippen LogP contribution in [0.15, 0.2) is 0 Å². The van der Waals surface area contributed by atoms with Crippen LogP contribution in [0.4, 0.5) is 0 Å². The smallest absolute Gasteiger partial charge is 0.0357 e. The Morgan fingerprint density at radius 3 is 2.23 bits per heavy atom. The second-order valence-corrected chi connectivity index (χ2v) is 5.90. The van der Waals surface area contributed by atoms with Crippen molar-refractivity contribution >= 4 is 0 Å². The molecule has 3 aliphatic carbocycles. The molecule has 0 N–H and O–H groups in total. The average molecular weight is 178 g/mol. The van der Waals surface area contributed by atoms with Crippen LogP contribution >= 0.6 is 0 Å². The third-order valence-electron chi connectivity index (χ3n) is 5.11. The minimum atomic E-state index is 1.08. The largest absolute Gasteiger partial charge is 0.0622 e. The zero-order valence-corrected chi connectivity index (χ0v) is 8.84. The first-order valence-electron chi connectivity index (χ1n) is 6.34. The van der Waals surface area contributed by atoms with Crippen molar-refractivity contribution in [1.29, 1.82) is 0 Å². The van der Waals surface area contributed by atoms with Gasteiger partial charge in [0, 0.05) is 0 Å². The third kappa shape index (κ3) is 1.43. The van der Waals surface area contributed by atoms with Gasteiger partial charge < -0.3 is 0 Å². The number of hydrogen-bond acceptors (Lipinski definition) is 0. The van der Waals surface area contributed by atoms with E-state index in [-0.39, 0.29) is 0 Å². The molecule has 3 aliphatic rings. The summed E-state index contributed by atoms with van der Waals surface area (Å²) in [5, 5.41) is 0. The Balaban J connectivity index is 1.31. The molecule has 0 aliphatic heterocycles. The molecule has 0 nitrogen and oxygen atoms in total. The Hall–Kier alpha value is 0. The maximum absolute atomic E-state index is 2.41. The van der Waals surface area contributed by atoms with Crippen LogP contribution in [0.5, 0.6) is 0 Å². The second-order valence-electron chi connectivity index (χ2n) is 5.90. The quantitative estimate of drug-likeness (QED) is 0.613. The van der Waals surface area contributed by atoms with Crippen LogP contribution in [0.1, 0.15) is 51.9 Å². The van der Waals surface area contributed by atoms with Gasteiger partial charge in [-0.1, -0.05) is 26.2 Å². The summed E-state index contributed by atoms with van der Waals surface area (Å²) in [6, 6.07) is 0. The van der Waals surface area contributed by atoms with E-state index in [9.17, 15) is 0 Å². The molecule has 0 amide bonds. The van der Waals surface area contributed by atoms with Gasteiger partial charge in [0.1, 0.15) is 0 Å². The molecule has 0 spiro atoms. The van der Waals surface area contributed by atoms with Gasteiger partial charge in [0.2, 0.25) is 0 Å². The van der Waals surface area contributed by atoms with E-state index in [4.69, 9.17) is 0 Å². The Morgan fingerprint density at radius 1 is 1.00 bits per heavy atom. The predicted molar refractivity (Wildman–Crippen MR) is 55.4 cm³/mol. The topological polar surface area (TPSA) is 0 Å². The van der Waals surface area contributed by atoms with Crippen LogP contribution in [-0.4, -0.2) is 0 Å². The molecule has 0 radical (unpaired) electrons. The fourth-order valence-electron chi connectivity index (χ4n) is 3.65. The summed E-state index contributed by atoms with van der Waals surface area (Å²) in [4.78, 5) is 0. The van der Waals surface area contributed by atoms with Gasteiger partial charge in [-0.3, -0.25) is 0 Å². The zero-order chi connectivity index (χ0) is 8.84. The van der Waals surface area contributed by atoms with Crippen LogP contribution in [0, 0.1) is 29.6 Å². The van der Waals surface area contributed by atoms with Crippen molar-refractivity contribution in [2.45, 2.75) is 51.9 Å². The molecule has 0 bridgehead atoms. The van der Waals surface area contributed by atoms with Gasteiger partial charge in [-0.25, -0.2) is 0 Å². The van der Waals surface area contributed by atoms with E-state index in [0.29, 0.717) is 0 Å². The van der Waals surface area contributed by atoms with E-state index >= 15 is 0 Å². The van der Waals surface area contributed by atoms with Gasteiger partial charge in [0.05, 0.1) is 0 Å². The van der Waals surface area contributed by atoms with Crippen LogP contribution in [0.3, 0.4) is 0 Å². The minimum Gasteiger partial charge on any atom is -0.0622 e. The third-order valence-corrected chi connectivity index (χ3v) is 5.11. The lowest BCUT2D eigenvalue weighted by atomic mass is 9.52. The maximum atomic E-state index is 2.41. The molecular formula is C13H22. The van der Waals surface area contributed by atoms with Crippen LogP contribution in [0.2, 0.25) is 0 Å². The Morgan fingerprint density at radius 2 is 1.77 bits per heavy atom. The molecule has 74 valence electrons. The summed E-state index contributed by atoms with van der Waals surface area (Å²) in [5.41, 5.74) is 0. The first-order chi connectivity index (χ1) is 6.34. The highest BCUT2D eigenvalue weighted by Gasteiger charge is 2.46. The SMILES string of the molecule is CC1CC1CCCC1CC2CCC12. The van der Waals surface area contributed by atoms with E-state index in [2.05, 4.69) is 6.92 Å². The van der Waals surface area contributed by atoms with Crippen molar-refractivity contribution in [3.63, 3.8) is 0 Å². The number of hydrogen-bond donors (Lipinski definition) is 0. The molecule has 3 saturated carbocycles. The fraction of sp³-hybridized carbons (Fsp3) is 1.00. The molecule has 0 aromatic rings. The van der Waals surface area contributed by atoms with Crippen molar-refractivity contribution in [2.24, 2.45) is 29.6 Å². The number of fused-ring (bicyclic) bond motifs is 1. The van der Waals surface area contributed by atoms with Gasteiger partial charge >= 0.3 is 0 Å². The molecule has 0 aromatic heterocycles. The van der Waals surface area contributed by atoms with Gasteiger partial charge in [-0.2, -0.15) is 0 Å². The summed E-state index contributed by atoms with van der Waals surface area (Å²) in [6.07, 6.45) is 11.0. The van der Waals surface area contributed by atoms with Gasteiger partial charge in [-0.15, -0.1) is 0 Å². The van der Waals surface area contributed by atoms with Crippen LogP contribution in [0.25, 0.3) is 0 Å². The molecule has 0 saturated heterocycles. The van der Waals surface area contributed by atoms with Crippen LogP contribution < -0.4 is 0 Å². The molecule has 5 atom stereocenters. The molecule has 3 fully saturated rings. The molecule has 0 aromatic carbocycles. The van der Waals surface area contributed by atoms with Gasteiger partial charge in [-0.05, 0) is 55.3 Å². The monoisotopic (exact) mass is 178 g/mol. The summed E-state index contributed by atoms with van der Waals surface area (Å²) in [6.45, 7) is 2.41. The van der Waals surface area contributed by atoms with E-state index < -0.39 is 0 Å². The zero-order valence-electron chi connectivity index (χ0n) is 8.84. The Bertz CT molecular complexity index is 196. The predicted octanol–water partition coefficient (Wildman–Crippen LogP) is 3.86. The Kier molecular flexibility index (Phi) is 1.92. The maximum Gasteiger partial charge on any atom is -0.0357 e. The summed E-state index contributed by atoms with van der Waals surface area (Å²) < 4.78 is 0. The average Bonchev–Trinajstić information content (AvgIpc) is 2.76. The molecule has 3 rings (SSSR count). The highest BCUT2D eigenvalue weighted by molar-refractivity contribution is 4.96. The van der Waals surface area contributed by atoms with E-state index in [1.165, 1.54) is 24.2 Å². The van der Waals surface area contributed by atoms with Crippen molar-refractivity contribution in [2.75, 3.05) is 0 Å². The van der Waals surface area contributed by atoms with E-state index in [0.717, 1.165) is 11.8 Å². The Labute approximate surface area is 82.1 Å². The fourth-order valence-corrected chi connectivity index (χ4v) is 3.65. The van der Waals surface area contributed by atoms with Crippen molar-refractivity contribution < 1.29 is 0 Å². The minimum absolute atomic E-state index is 1.08. The summed E-state index contributed by atoms with van der Waals surface area (Å²) >= 11 is 0. The lowest BCUT2D eigenvalue weighted by Gasteiger charge is -2.53. The molecular weight excluding hydrogens is 156 g/mol. The molecule has 0 heterocycles. The summed E-state index contributed by atoms with van der Waals surface area (Å²) in [5.74, 6) is 5.80. The first kappa shape index (κ1) is 8.32. The summed E-state index contributed by atoms with van der Waals surface area (Å²) in [7, 11) is 0. The standard InChI is InChI=1S/C13H22/c1-9-7-10(9)3-2-4-11-8-12-5-6-13(11)12/h9-13H,2-8H2,1H3. The second kappa shape index (κ2) is 3.00. The lowest BCUT2D eigenvalue weighted by molar-refractivity contribution is -0.0307. The normalized spacial score (nSPS) is 51.9. The van der Waals surface area contributed by atoms with E-state index in [1.807, 2.05) is 0 Å². The highest BCUT2D eigenvalue weighted by atomic mass is 14.5. The van der Waals surface area contributed by atoms with Crippen molar-refractivity contribution in [3.05, 3.63) is 0 Å². The molecule has 5 unspecified atom stereocenters. The first-order valence-corrected chi connectivity index (χ1v) is 6.34. The molecule has 13 heavy (non-hydrogen) atoms. The number of rotatable bonds is 4. The van der Waals surface area contributed by atoms with Gasteiger partial charge in [0.15, 0.2) is 0 Å². The van der Waals surface area contributed by atoms with Gasteiger partial charge in [0.25, 0.3) is 0 Å². The lowest BCUT2D eigenvalue weighted by Crippen LogP contribution is -2.44.